The summed E-state index contributed by atoms with van der Waals surface area (Å²) in [5.74, 6) is 1.04. The molecule has 22 heavy (non-hydrogen) atoms. The van der Waals surface area contributed by atoms with Crippen molar-refractivity contribution in [1.29, 1.82) is 0 Å². The van der Waals surface area contributed by atoms with Gasteiger partial charge >= 0.3 is 0 Å². The maximum Gasteiger partial charge on any atom is 0.265 e. The number of ether oxygens (including phenoxy) is 2. The number of nitrogens with one attached hydrogen (secondary N) is 1. The highest BCUT2D eigenvalue weighted by atomic mass is 32.1. The lowest BCUT2D eigenvalue weighted by atomic mass is 10.2. The number of amides is 1. The summed E-state index contributed by atoms with van der Waals surface area (Å²) < 4.78 is 19.3. The molecule has 3 heterocycles. The quantitative estimate of drug-likeness (QED) is 0.797. The second-order valence-corrected chi connectivity index (χ2v) is 6.13. The van der Waals surface area contributed by atoms with E-state index in [1.54, 1.807) is 5.38 Å². The molecule has 1 amide bonds. The van der Waals surface area contributed by atoms with Crippen molar-refractivity contribution in [3.05, 3.63) is 34.0 Å². The van der Waals surface area contributed by atoms with Crippen molar-refractivity contribution < 1.29 is 14.3 Å². The zero-order valence-electron chi connectivity index (χ0n) is 11.4. The van der Waals surface area contributed by atoms with Crippen molar-refractivity contribution in [3.8, 4) is 11.5 Å². The summed E-state index contributed by atoms with van der Waals surface area (Å²) in [7, 11) is 0. The zero-order chi connectivity index (χ0) is 14.9. The van der Waals surface area contributed by atoms with Gasteiger partial charge in [-0.1, -0.05) is 6.07 Å². The van der Waals surface area contributed by atoms with Crippen molar-refractivity contribution >= 4 is 40.0 Å². The molecule has 1 aromatic carbocycles. The van der Waals surface area contributed by atoms with E-state index >= 15 is 0 Å². The molecule has 0 fully saturated rings. The third kappa shape index (κ3) is 2.40. The number of nitrogens with zero attached hydrogens (tertiary/aromatic N) is 2. The fraction of sp³-hybridized carbons (Fsp3) is 0.214. The molecule has 1 aliphatic heterocycles. The van der Waals surface area contributed by atoms with E-state index in [1.165, 1.54) is 23.1 Å². The monoisotopic (exact) mass is 333 g/mol. The van der Waals surface area contributed by atoms with Crippen LogP contribution in [0.2, 0.25) is 0 Å². The van der Waals surface area contributed by atoms with Crippen LogP contribution >= 0.6 is 23.1 Å². The molecule has 0 saturated carbocycles. The number of carbonyl (C=O) groups is 1. The third-order valence-corrected chi connectivity index (χ3v) is 4.77. The van der Waals surface area contributed by atoms with Crippen LogP contribution in [-0.2, 0) is 6.54 Å². The van der Waals surface area contributed by atoms with Crippen LogP contribution in [0.25, 0.3) is 11.0 Å². The number of benzene rings is 1. The Kier molecular flexibility index (Phi) is 3.39. The van der Waals surface area contributed by atoms with Crippen LogP contribution in [0.15, 0.2) is 23.6 Å². The normalized spacial score (nSPS) is 13.3. The Morgan fingerprint density at radius 2 is 2.09 bits per heavy atom. The van der Waals surface area contributed by atoms with Gasteiger partial charge in [-0.05, 0) is 17.7 Å². The van der Waals surface area contributed by atoms with E-state index in [1.807, 2.05) is 18.2 Å². The topological polar surface area (TPSA) is 73.3 Å². The molecule has 0 unspecified atom stereocenters. The number of rotatable bonds is 3. The third-order valence-electron chi connectivity index (χ3n) is 3.28. The van der Waals surface area contributed by atoms with Crippen molar-refractivity contribution in [2.24, 2.45) is 0 Å². The van der Waals surface area contributed by atoms with Gasteiger partial charge in [0.25, 0.3) is 5.91 Å². The Morgan fingerprint density at radius 1 is 1.23 bits per heavy atom. The molecule has 1 aliphatic rings. The molecule has 4 rings (SSSR count). The van der Waals surface area contributed by atoms with Gasteiger partial charge in [0.15, 0.2) is 11.5 Å². The molecule has 1 N–H and O–H groups in total. The molecule has 2 aromatic heterocycles. The summed E-state index contributed by atoms with van der Waals surface area (Å²) in [4.78, 5) is 12.8. The lowest BCUT2D eigenvalue weighted by molar-refractivity contribution is 0.0946. The summed E-state index contributed by atoms with van der Waals surface area (Å²) in [5.41, 5.74) is 2.70. The molecule has 6 nitrogen and oxygen atoms in total. The molecule has 0 aliphatic carbocycles. The van der Waals surface area contributed by atoms with Crippen LogP contribution in [0, 0.1) is 0 Å². The van der Waals surface area contributed by atoms with Gasteiger partial charge in [0, 0.05) is 11.9 Å². The van der Waals surface area contributed by atoms with Gasteiger partial charge in [-0.25, -0.2) is 0 Å². The fourth-order valence-corrected chi connectivity index (χ4v) is 3.58. The van der Waals surface area contributed by atoms with Crippen LogP contribution in [0.4, 0.5) is 0 Å². The first-order valence-corrected chi connectivity index (χ1v) is 8.29. The van der Waals surface area contributed by atoms with Crippen molar-refractivity contribution in [1.82, 2.24) is 14.1 Å². The van der Waals surface area contributed by atoms with Crippen LogP contribution in [0.3, 0.4) is 0 Å². The van der Waals surface area contributed by atoms with E-state index < -0.39 is 0 Å². The lowest BCUT2D eigenvalue weighted by Crippen LogP contribution is -2.23. The predicted octanol–water partition coefficient (Wildman–Crippen LogP) is 2.45. The van der Waals surface area contributed by atoms with E-state index in [0.29, 0.717) is 36.1 Å². The van der Waals surface area contributed by atoms with E-state index in [0.717, 1.165) is 16.6 Å². The number of aromatic nitrogens is 2. The van der Waals surface area contributed by atoms with Gasteiger partial charge in [-0.2, -0.15) is 8.75 Å². The minimum Gasteiger partial charge on any atom is -0.485 e. The second kappa shape index (κ2) is 5.54. The van der Waals surface area contributed by atoms with Gasteiger partial charge in [0.05, 0.1) is 11.7 Å². The van der Waals surface area contributed by atoms with E-state index in [9.17, 15) is 4.79 Å². The lowest BCUT2D eigenvalue weighted by Gasteiger charge is -2.15. The molecular weight excluding hydrogens is 322 g/mol. The first-order chi connectivity index (χ1) is 10.8. The highest BCUT2D eigenvalue weighted by molar-refractivity contribution is 7.12. The standard InChI is InChI=1S/C14H11N3O3S2/c18-14(13-12-11(7-21-13)19-3-4-20-12)15-6-8-1-2-9-10(5-8)17-22-16-9/h1-2,5,7H,3-4,6H2,(H,15,18). The van der Waals surface area contributed by atoms with Gasteiger partial charge in [0.1, 0.15) is 29.1 Å². The molecule has 112 valence electrons. The summed E-state index contributed by atoms with van der Waals surface area (Å²) in [6.07, 6.45) is 0. The maximum atomic E-state index is 12.3. The zero-order valence-corrected chi connectivity index (χ0v) is 13.0. The van der Waals surface area contributed by atoms with Crippen molar-refractivity contribution in [2.75, 3.05) is 13.2 Å². The number of hydrogen-bond donors (Lipinski definition) is 1. The molecule has 8 heteroatoms. The largest absolute Gasteiger partial charge is 0.485 e. The van der Waals surface area contributed by atoms with Gasteiger partial charge in [-0.3, -0.25) is 4.79 Å². The molecule has 0 spiro atoms. The first kappa shape index (κ1) is 13.5. The Bertz CT molecular complexity index is 843. The van der Waals surface area contributed by atoms with Crippen LogP contribution < -0.4 is 14.8 Å². The number of thiophene rings is 1. The smallest absolute Gasteiger partial charge is 0.265 e. The summed E-state index contributed by atoms with van der Waals surface area (Å²) in [6, 6.07) is 5.78. The molecule has 0 bridgehead atoms. The Balaban J connectivity index is 1.49. The van der Waals surface area contributed by atoms with Gasteiger partial charge in [-0.15, -0.1) is 11.3 Å². The first-order valence-electron chi connectivity index (χ1n) is 6.68. The predicted molar refractivity (Wildman–Crippen MR) is 83.9 cm³/mol. The number of carbonyl (C=O) groups excluding carboxylic acids is 1. The average molecular weight is 333 g/mol. The van der Waals surface area contributed by atoms with Crippen LogP contribution in [0.5, 0.6) is 11.5 Å². The SMILES string of the molecule is O=C(NCc1ccc2nsnc2c1)c1scc2c1OCCO2. The van der Waals surface area contributed by atoms with E-state index in [4.69, 9.17) is 9.47 Å². The Hall–Kier alpha value is -2.19. The number of hydrogen-bond acceptors (Lipinski definition) is 7. The number of fused-ring (bicyclic) bond motifs is 2. The molecule has 3 aromatic rings. The van der Waals surface area contributed by atoms with E-state index in [-0.39, 0.29) is 5.91 Å². The Labute approximate surface area is 134 Å². The minimum atomic E-state index is -0.159. The highest BCUT2D eigenvalue weighted by Gasteiger charge is 2.23. The van der Waals surface area contributed by atoms with Crippen molar-refractivity contribution in [2.45, 2.75) is 6.54 Å². The fourth-order valence-electron chi connectivity index (χ4n) is 2.22. The van der Waals surface area contributed by atoms with Crippen LogP contribution in [-0.4, -0.2) is 27.9 Å². The van der Waals surface area contributed by atoms with E-state index in [2.05, 4.69) is 14.1 Å². The van der Waals surface area contributed by atoms with Crippen LogP contribution in [0.1, 0.15) is 15.2 Å². The van der Waals surface area contributed by atoms with Gasteiger partial charge < -0.3 is 14.8 Å². The summed E-state index contributed by atoms with van der Waals surface area (Å²) in [5, 5.41) is 4.70. The molecule has 0 radical (unpaired) electrons. The molecular formula is C14H11N3O3S2. The maximum absolute atomic E-state index is 12.3. The second-order valence-electron chi connectivity index (χ2n) is 4.73. The van der Waals surface area contributed by atoms with Gasteiger partial charge in [0.2, 0.25) is 0 Å². The van der Waals surface area contributed by atoms with Crippen molar-refractivity contribution in [3.63, 3.8) is 0 Å². The highest BCUT2D eigenvalue weighted by Crippen LogP contribution is 2.39. The average Bonchev–Trinajstić information content (AvgIpc) is 3.18. The minimum absolute atomic E-state index is 0.159. The summed E-state index contributed by atoms with van der Waals surface area (Å²) in [6.45, 7) is 1.42. The Morgan fingerprint density at radius 3 is 3.05 bits per heavy atom. The molecule has 0 atom stereocenters. The summed E-state index contributed by atoms with van der Waals surface area (Å²) >= 11 is 2.51. The molecule has 0 saturated heterocycles.